The minimum atomic E-state index is 0. The van der Waals surface area contributed by atoms with Crippen LogP contribution in [0, 0.1) is 23.7 Å². The van der Waals surface area contributed by atoms with Crippen LogP contribution >= 0.6 is 24.8 Å². The quantitative estimate of drug-likeness (QED) is 0.805. The van der Waals surface area contributed by atoms with Crippen LogP contribution in [0.5, 0.6) is 0 Å². The summed E-state index contributed by atoms with van der Waals surface area (Å²) in [7, 11) is 0. The molecule has 5 rings (SSSR count). The van der Waals surface area contributed by atoms with E-state index in [9.17, 15) is 0 Å². The van der Waals surface area contributed by atoms with E-state index in [0.717, 1.165) is 29.7 Å². The predicted molar refractivity (Wildman–Crippen MR) is 79.5 cm³/mol. The first-order valence-corrected chi connectivity index (χ1v) is 7.29. The van der Waals surface area contributed by atoms with Crippen molar-refractivity contribution in [3.8, 4) is 0 Å². The van der Waals surface area contributed by atoms with Gasteiger partial charge in [0.1, 0.15) is 0 Å². The van der Waals surface area contributed by atoms with E-state index in [0.29, 0.717) is 6.04 Å². The largest absolute Gasteiger partial charge is 0.326 e. The van der Waals surface area contributed by atoms with Gasteiger partial charge in [-0.2, -0.15) is 0 Å². The molecular formula is C14H26Cl2N2. The van der Waals surface area contributed by atoms with Crippen LogP contribution in [0.4, 0.5) is 0 Å². The summed E-state index contributed by atoms with van der Waals surface area (Å²) in [5, 5.41) is 0. The molecule has 0 unspecified atom stereocenters. The van der Waals surface area contributed by atoms with E-state index in [1.54, 1.807) is 32.1 Å². The van der Waals surface area contributed by atoms with Crippen LogP contribution < -0.4 is 5.73 Å². The van der Waals surface area contributed by atoms with Crippen molar-refractivity contribution in [2.75, 3.05) is 13.1 Å². The van der Waals surface area contributed by atoms with Gasteiger partial charge in [0.2, 0.25) is 0 Å². The van der Waals surface area contributed by atoms with E-state index < -0.39 is 0 Å². The minimum Gasteiger partial charge on any atom is -0.326 e. The number of rotatable bonds is 1. The Kier molecular flexibility index (Phi) is 4.53. The molecule has 0 aromatic heterocycles. The van der Waals surface area contributed by atoms with Crippen molar-refractivity contribution in [2.45, 2.75) is 50.6 Å². The number of nitrogens with zero attached hydrogens (tertiary/aromatic N) is 1. The van der Waals surface area contributed by atoms with Gasteiger partial charge in [-0.25, -0.2) is 0 Å². The van der Waals surface area contributed by atoms with Gasteiger partial charge in [0.15, 0.2) is 0 Å². The third-order valence-corrected chi connectivity index (χ3v) is 5.85. The lowest BCUT2D eigenvalue weighted by atomic mass is 9.54. The number of hydrogen-bond donors (Lipinski definition) is 1. The minimum absolute atomic E-state index is 0. The maximum absolute atomic E-state index is 6.08. The van der Waals surface area contributed by atoms with Gasteiger partial charge in [-0.15, -0.1) is 24.8 Å². The topological polar surface area (TPSA) is 29.3 Å². The van der Waals surface area contributed by atoms with Crippen molar-refractivity contribution < 1.29 is 0 Å². The monoisotopic (exact) mass is 292 g/mol. The first-order valence-electron chi connectivity index (χ1n) is 7.29. The molecule has 0 spiro atoms. The highest BCUT2D eigenvalue weighted by molar-refractivity contribution is 5.85. The summed E-state index contributed by atoms with van der Waals surface area (Å²) in [6, 6.07) is 1.40. The molecule has 5 fully saturated rings. The van der Waals surface area contributed by atoms with Crippen molar-refractivity contribution in [3.63, 3.8) is 0 Å². The zero-order chi connectivity index (χ0) is 10.7. The molecule has 4 saturated carbocycles. The summed E-state index contributed by atoms with van der Waals surface area (Å²) < 4.78 is 0. The van der Waals surface area contributed by atoms with Gasteiger partial charge in [0, 0.05) is 25.2 Å². The van der Waals surface area contributed by atoms with Crippen LogP contribution in [0.2, 0.25) is 0 Å². The van der Waals surface area contributed by atoms with Crippen LogP contribution in [0.3, 0.4) is 0 Å². The highest BCUT2D eigenvalue weighted by Gasteiger charge is 2.50. The highest BCUT2D eigenvalue weighted by atomic mass is 35.5. The Morgan fingerprint density at radius 2 is 1.39 bits per heavy atom. The van der Waals surface area contributed by atoms with Gasteiger partial charge < -0.3 is 5.73 Å². The average Bonchev–Trinajstić information content (AvgIpc) is 2.63. The molecule has 18 heavy (non-hydrogen) atoms. The Labute approximate surface area is 123 Å². The number of halogens is 2. The fourth-order valence-electron chi connectivity index (χ4n) is 5.58. The molecule has 1 saturated heterocycles. The second-order valence-corrected chi connectivity index (χ2v) is 6.97. The molecule has 0 aromatic carbocycles. The standard InChI is InChI=1S/C14H24N2.2ClH/c15-13-1-2-16(8-13)14-11-4-9-3-10(6-11)7-12(14)5-9;;/h9-14H,1-8,15H2;2*1H/t9?,10?,11?,12?,13-,14?;;/m0../s1. The van der Waals surface area contributed by atoms with E-state index in [1.807, 2.05) is 0 Å². The molecule has 4 heteroatoms. The first kappa shape index (κ1) is 14.9. The molecular weight excluding hydrogens is 267 g/mol. The van der Waals surface area contributed by atoms with Crippen LogP contribution in [-0.4, -0.2) is 30.1 Å². The summed E-state index contributed by atoms with van der Waals surface area (Å²) in [4.78, 5) is 2.76. The van der Waals surface area contributed by atoms with E-state index in [2.05, 4.69) is 4.90 Å². The maximum Gasteiger partial charge on any atom is 0.0180 e. The highest BCUT2D eigenvalue weighted by Crippen LogP contribution is 2.55. The van der Waals surface area contributed by atoms with Gasteiger partial charge in [-0.1, -0.05) is 0 Å². The number of nitrogens with two attached hydrogens (primary N) is 1. The maximum atomic E-state index is 6.08. The van der Waals surface area contributed by atoms with Crippen LogP contribution in [-0.2, 0) is 0 Å². The van der Waals surface area contributed by atoms with Gasteiger partial charge >= 0.3 is 0 Å². The van der Waals surface area contributed by atoms with E-state index in [4.69, 9.17) is 5.73 Å². The summed E-state index contributed by atoms with van der Waals surface area (Å²) >= 11 is 0. The molecule has 0 aromatic rings. The fourth-order valence-corrected chi connectivity index (χ4v) is 5.58. The van der Waals surface area contributed by atoms with Crippen molar-refractivity contribution in [1.82, 2.24) is 4.90 Å². The molecule has 2 nitrogen and oxygen atoms in total. The normalized spacial score (nSPS) is 49.8. The average molecular weight is 293 g/mol. The zero-order valence-electron chi connectivity index (χ0n) is 11.0. The molecule has 1 heterocycles. The van der Waals surface area contributed by atoms with E-state index in [1.165, 1.54) is 19.5 Å². The predicted octanol–water partition coefficient (Wildman–Crippen LogP) is 2.69. The van der Waals surface area contributed by atoms with Gasteiger partial charge in [-0.3, -0.25) is 4.90 Å². The lowest BCUT2D eigenvalue weighted by molar-refractivity contribution is -0.0585. The molecule has 4 bridgehead atoms. The fraction of sp³-hybridized carbons (Fsp3) is 1.00. The van der Waals surface area contributed by atoms with Gasteiger partial charge in [0.05, 0.1) is 0 Å². The molecule has 0 amide bonds. The summed E-state index contributed by atoms with van der Waals surface area (Å²) in [5.74, 6) is 4.30. The summed E-state index contributed by atoms with van der Waals surface area (Å²) in [6.45, 7) is 2.47. The van der Waals surface area contributed by atoms with Crippen LogP contribution in [0.25, 0.3) is 0 Å². The van der Waals surface area contributed by atoms with Gasteiger partial charge in [0.25, 0.3) is 0 Å². The Balaban J connectivity index is 0.000000602. The second kappa shape index (κ2) is 5.47. The lowest BCUT2D eigenvalue weighted by Crippen LogP contribution is -2.55. The van der Waals surface area contributed by atoms with Crippen LogP contribution in [0.15, 0.2) is 0 Å². The zero-order valence-corrected chi connectivity index (χ0v) is 12.6. The third kappa shape index (κ3) is 2.30. The second-order valence-electron chi connectivity index (χ2n) is 6.97. The molecule has 2 N–H and O–H groups in total. The number of hydrogen-bond acceptors (Lipinski definition) is 2. The third-order valence-electron chi connectivity index (χ3n) is 5.85. The smallest absolute Gasteiger partial charge is 0.0180 e. The molecule has 0 radical (unpaired) electrons. The molecule has 1 atom stereocenters. The van der Waals surface area contributed by atoms with Gasteiger partial charge in [-0.05, 0) is 62.2 Å². The Bertz CT molecular complexity index is 267. The lowest BCUT2D eigenvalue weighted by Gasteiger charge is -2.56. The number of likely N-dealkylation sites (tertiary alicyclic amines) is 1. The van der Waals surface area contributed by atoms with E-state index in [-0.39, 0.29) is 24.8 Å². The molecule has 5 aliphatic rings. The molecule has 4 aliphatic carbocycles. The van der Waals surface area contributed by atoms with E-state index >= 15 is 0 Å². The molecule has 1 aliphatic heterocycles. The van der Waals surface area contributed by atoms with Crippen molar-refractivity contribution in [3.05, 3.63) is 0 Å². The van der Waals surface area contributed by atoms with Crippen molar-refractivity contribution in [1.29, 1.82) is 0 Å². The summed E-state index contributed by atoms with van der Waals surface area (Å²) in [5.41, 5.74) is 6.08. The van der Waals surface area contributed by atoms with Crippen LogP contribution in [0.1, 0.15) is 38.5 Å². The Morgan fingerprint density at radius 3 is 1.83 bits per heavy atom. The Hall–Kier alpha value is 0.500. The SMILES string of the molecule is Cl.Cl.N[C@H]1CCN(C2C3CC4CC(C3)CC2C4)C1. The van der Waals surface area contributed by atoms with Crippen molar-refractivity contribution in [2.24, 2.45) is 29.4 Å². The summed E-state index contributed by atoms with van der Waals surface area (Å²) in [6.07, 6.45) is 8.99. The van der Waals surface area contributed by atoms with Crippen molar-refractivity contribution >= 4 is 24.8 Å². The molecule has 106 valence electrons. The first-order chi connectivity index (χ1) is 7.79. The Morgan fingerprint density at radius 1 is 0.833 bits per heavy atom.